The van der Waals surface area contributed by atoms with E-state index in [4.69, 9.17) is 9.47 Å². The van der Waals surface area contributed by atoms with Gasteiger partial charge < -0.3 is 24.6 Å². The molecular formula is C27H27N5O5. The third-order valence-corrected chi connectivity index (χ3v) is 6.65. The van der Waals surface area contributed by atoms with Crippen LogP contribution in [0, 0.1) is 11.8 Å². The van der Waals surface area contributed by atoms with Crippen molar-refractivity contribution >= 4 is 23.7 Å². The summed E-state index contributed by atoms with van der Waals surface area (Å²) in [6.45, 7) is 3.09. The fraction of sp³-hybridized carbons (Fsp3) is 0.333. The second kappa shape index (κ2) is 9.95. The Morgan fingerprint density at radius 2 is 1.89 bits per heavy atom. The van der Waals surface area contributed by atoms with Gasteiger partial charge in [0, 0.05) is 43.4 Å². The van der Waals surface area contributed by atoms with Gasteiger partial charge in [-0.05, 0) is 29.8 Å². The predicted molar refractivity (Wildman–Crippen MR) is 135 cm³/mol. The summed E-state index contributed by atoms with van der Waals surface area (Å²) in [6, 6.07) is 12.2. The Balaban J connectivity index is 1.37. The summed E-state index contributed by atoms with van der Waals surface area (Å²) >= 11 is 0. The molecule has 0 saturated carbocycles. The van der Waals surface area contributed by atoms with Crippen molar-refractivity contribution in [2.24, 2.45) is 4.99 Å². The van der Waals surface area contributed by atoms with E-state index in [2.05, 4.69) is 32.4 Å². The van der Waals surface area contributed by atoms with Gasteiger partial charge in [-0.15, -0.1) is 0 Å². The number of benzene rings is 2. The van der Waals surface area contributed by atoms with Crippen molar-refractivity contribution in [3.8, 4) is 17.6 Å². The topological polar surface area (TPSA) is 113 Å². The van der Waals surface area contributed by atoms with Crippen LogP contribution >= 0.6 is 0 Å². The van der Waals surface area contributed by atoms with Gasteiger partial charge in [0.25, 0.3) is 11.8 Å². The minimum Gasteiger partial charge on any atom is -0.497 e. The van der Waals surface area contributed by atoms with Gasteiger partial charge in [-0.2, -0.15) is 0 Å². The molecule has 0 aromatic heterocycles. The molecule has 10 nitrogen and oxygen atoms in total. The third kappa shape index (κ3) is 4.73. The Hall–Kier alpha value is -4.36. The van der Waals surface area contributed by atoms with Gasteiger partial charge in [-0.1, -0.05) is 30.0 Å². The summed E-state index contributed by atoms with van der Waals surface area (Å²) < 4.78 is 10.7. The smallest absolute Gasteiger partial charge is 0.323 e. The Morgan fingerprint density at radius 3 is 2.54 bits per heavy atom. The van der Waals surface area contributed by atoms with Gasteiger partial charge >= 0.3 is 6.03 Å². The SMILES string of the molecule is CN=C(c1ccc(C#C[C@]2(CN3Cc4ccc(OC)cc4C3=O)NC(=O)NC2=O)cc1)N1CCOCC1. The molecule has 37 heavy (non-hydrogen) atoms. The molecule has 190 valence electrons. The number of carbonyl (C=O) groups is 3. The van der Waals surface area contributed by atoms with Crippen LogP contribution in [0.15, 0.2) is 47.5 Å². The summed E-state index contributed by atoms with van der Waals surface area (Å²) in [5.41, 5.74) is 1.38. The number of hydrogen-bond acceptors (Lipinski definition) is 6. The van der Waals surface area contributed by atoms with Crippen LogP contribution in [0.3, 0.4) is 0 Å². The largest absolute Gasteiger partial charge is 0.497 e. The number of aliphatic imine (C=N–C) groups is 1. The molecule has 2 saturated heterocycles. The highest BCUT2D eigenvalue weighted by Crippen LogP contribution is 2.28. The minimum absolute atomic E-state index is 0.0881. The Morgan fingerprint density at radius 1 is 1.14 bits per heavy atom. The molecule has 2 aromatic rings. The maximum Gasteiger partial charge on any atom is 0.323 e. The number of hydrogen-bond donors (Lipinski definition) is 2. The number of urea groups is 1. The first-order valence-electron chi connectivity index (χ1n) is 12.0. The van der Waals surface area contributed by atoms with Crippen molar-refractivity contribution in [3.63, 3.8) is 0 Å². The van der Waals surface area contributed by atoms with Crippen LogP contribution in [0.1, 0.15) is 27.0 Å². The molecule has 2 aromatic carbocycles. The zero-order valence-corrected chi connectivity index (χ0v) is 20.7. The van der Waals surface area contributed by atoms with Crippen molar-refractivity contribution in [1.29, 1.82) is 0 Å². The molecule has 0 bridgehead atoms. The predicted octanol–water partition coefficient (Wildman–Crippen LogP) is 0.990. The fourth-order valence-corrected chi connectivity index (χ4v) is 4.72. The quantitative estimate of drug-likeness (QED) is 0.280. The average molecular weight is 502 g/mol. The van der Waals surface area contributed by atoms with Crippen molar-refractivity contribution in [3.05, 3.63) is 64.7 Å². The van der Waals surface area contributed by atoms with E-state index in [1.165, 1.54) is 12.0 Å². The number of fused-ring (bicyclic) bond motifs is 1. The number of amides is 4. The molecule has 0 radical (unpaired) electrons. The number of ether oxygens (including phenoxy) is 2. The minimum atomic E-state index is -1.57. The highest BCUT2D eigenvalue weighted by atomic mass is 16.5. The van der Waals surface area contributed by atoms with E-state index in [0.717, 1.165) is 30.1 Å². The molecule has 10 heteroatoms. The lowest BCUT2D eigenvalue weighted by atomic mass is 9.99. The average Bonchev–Trinajstić information content (AvgIpc) is 3.38. The van der Waals surface area contributed by atoms with E-state index in [0.29, 0.717) is 36.6 Å². The van der Waals surface area contributed by atoms with E-state index in [9.17, 15) is 14.4 Å². The summed E-state index contributed by atoms with van der Waals surface area (Å²) in [5, 5.41) is 4.90. The van der Waals surface area contributed by atoms with Gasteiger partial charge in [0.15, 0.2) is 0 Å². The molecule has 3 aliphatic heterocycles. The second-order valence-electron chi connectivity index (χ2n) is 8.97. The zero-order chi connectivity index (χ0) is 26.0. The van der Waals surface area contributed by atoms with Crippen LogP contribution in [-0.4, -0.2) is 86.0 Å². The number of morpholine rings is 1. The number of amidine groups is 1. The number of rotatable bonds is 4. The van der Waals surface area contributed by atoms with E-state index in [1.54, 1.807) is 19.2 Å². The highest BCUT2D eigenvalue weighted by Gasteiger charge is 2.48. The molecule has 5 rings (SSSR count). The van der Waals surface area contributed by atoms with Crippen molar-refractivity contribution in [2.45, 2.75) is 12.1 Å². The summed E-state index contributed by atoms with van der Waals surface area (Å²) in [4.78, 5) is 46.2. The highest BCUT2D eigenvalue weighted by molar-refractivity contribution is 6.10. The zero-order valence-electron chi connectivity index (χ0n) is 20.7. The molecule has 1 atom stereocenters. The molecule has 2 fully saturated rings. The molecule has 0 spiro atoms. The van der Waals surface area contributed by atoms with Crippen molar-refractivity contribution < 1.29 is 23.9 Å². The first-order chi connectivity index (χ1) is 17.9. The maximum atomic E-state index is 13.1. The Bertz CT molecular complexity index is 1340. The number of carbonyl (C=O) groups excluding carboxylic acids is 3. The monoisotopic (exact) mass is 501 g/mol. The van der Waals surface area contributed by atoms with Gasteiger partial charge in [0.2, 0.25) is 5.54 Å². The van der Waals surface area contributed by atoms with Gasteiger partial charge in [0.1, 0.15) is 11.6 Å². The van der Waals surface area contributed by atoms with Crippen LogP contribution in [-0.2, 0) is 16.1 Å². The normalized spacial score (nSPS) is 21.2. The number of imide groups is 1. The molecule has 2 N–H and O–H groups in total. The van der Waals surface area contributed by atoms with E-state index < -0.39 is 17.5 Å². The third-order valence-electron chi connectivity index (χ3n) is 6.65. The van der Waals surface area contributed by atoms with Crippen molar-refractivity contribution in [1.82, 2.24) is 20.4 Å². The van der Waals surface area contributed by atoms with Crippen LogP contribution in [0.4, 0.5) is 4.79 Å². The summed E-state index contributed by atoms with van der Waals surface area (Å²) in [6.07, 6.45) is 0. The van der Waals surface area contributed by atoms with E-state index >= 15 is 0 Å². The molecular weight excluding hydrogens is 474 g/mol. The van der Waals surface area contributed by atoms with Gasteiger partial charge in [-0.3, -0.25) is 19.9 Å². The summed E-state index contributed by atoms with van der Waals surface area (Å²) in [5.74, 6) is 6.58. The number of methoxy groups -OCH3 is 1. The van der Waals surface area contributed by atoms with Crippen LogP contribution < -0.4 is 15.4 Å². The fourth-order valence-electron chi connectivity index (χ4n) is 4.72. The molecule has 0 aliphatic carbocycles. The van der Waals surface area contributed by atoms with Gasteiger partial charge in [0.05, 0.1) is 26.9 Å². The molecule has 4 amide bonds. The first-order valence-corrected chi connectivity index (χ1v) is 12.0. The number of nitrogens with one attached hydrogen (secondary N) is 2. The first kappa shape index (κ1) is 24.3. The molecule has 0 unspecified atom stereocenters. The standard InChI is InChI=1S/C27H27N5O5/c1-28-23(31-11-13-37-14-12-31)19-5-3-18(4-6-19)9-10-27(25(34)29-26(35)30-27)17-32-16-20-7-8-21(36-2)15-22(20)24(32)33/h3-8,15H,11-14,16-17H2,1-2H3,(H2,29,30,34,35)/t27-/m1/s1. The molecule has 3 aliphatic rings. The Labute approximate surface area is 214 Å². The maximum absolute atomic E-state index is 13.1. The second-order valence-corrected chi connectivity index (χ2v) is 8.97. The number of nitrogens with zero attached hydrogens (tertiary/aromatic N) is 3. The van der Waals surface area contributed by atoms with E-state index in [-0.39, 0.29) is 12.5 Å². The van der Waals surface area contributed by atoms with E-state index in [1.807, 2.05) is 30.3 Å². The lowest BCUT2D eigenvalue weighted by Gasteiger charge is -2.29. The lowest BCUT2D eigenvalue weighted by Crippen LogP contribution is -2.54. The van der Waals surface area contributed by atoms with Gasteiger partial charge in [-0.25, -0.2) is 4.79 Å². The molecule has 3 heterocycles. The lowest BCUT2D eigenvalue weighted by molar-refractivity contribution is -0.122. The van der Waals surface area contributed by atoms with Crippen LogP contribution in [0.25, 0.3) is 0 Å². The Kier molecular flexibility index (Phi) is 6.54. The summed E-state index contributed by atoms with van der Waals surface area (Å²) in [7, 11) is 3.30. The van der Waals surface area contributed by atoms with Crippen LogP contribution in [0.5, 0.6) is 5.75 Å². The van der Waals surface area contributed by atoms with Crippen molar-refractivity contribution in [2.75, 3.05) is 47.0 Å². The van der Waals surface area contributed by atoms with Crippen LogP contribution in [0.2, 0.25) is 0 Å².